The summed E-state index contributed by atoms with van der Waals surface area (Å²) in [6, 6.07) is 0. The predicted octanol–water partition coefficient (Wildman–Crippen LogP) is -1.76. The van der Waals surface area contributed by atoms with E-state index in [-0.39, 0.29) is 12.9 Å². The average molecular weight is 222 g/mol. The van der Waals surface area contributed by atoms with Crippen LogP contribution in [0.1, 0.15) is 6.42 Å². The minimum absolute atomic E-state index is 0.177. The number of hydrogen-bond donors (Lipinski definition) is 2. The Labute approximate surface area is 81.6 Å². The van der Waals surface area contributed by atoms with Crippen molar-refractivity contribution in [2.24, 2.45) is 0 Å². The van der Waals surface area contributed by atoms with E-state index in [0.717, 1.165) is 0 Å². The van der Waals surface area contributed by atoms with E-state index < -0.39 is 28.6 Å². The molecule has 80 valence electrons. The lowest BCUT2D eigenvalue weighted by molar-refractivity contribution is -0.120. The van der Waals surface area contributed by atoms with Crippen LogP contribution in [0.15, 0.2) is 0 Å². The minimum atomic E-state index is -3.91. The lowest BCUT2D eigenvalue weighted by Crippen LogP contribution is -2.15. The summed E-state index contributed by atoms with van der Waals surface area (Å²) in [7, 11) is -3.91. The third-order valence-corrected chi connectivity index (χ3v) is 2.28. The molecule has 2 N–H and O–H groups in total. The molecule has 0 aromatic rings. The van der Waals surface area contributed by atoms with Crippen LogP contribution < -0.4 is 0 Å². The summed E-state index contributed by atoms with van der Waals surface area (Å²) in [5, 5.41) is 17.3. The van der Waals surface area contributed by atoms with Crippen LogP contribution in [0.4, 0.5) is 0 Å². The van der Waals surface area contributed by atoms with Crippen molar-refractivity contribution in [3.63, 3.8) is 0 Å². The molecule has 0 saturated heterocycles. The van der Waals surface area contributed by atoms with Crippen LogP contribution in [0.2, 0.25) is 0 Å². The summed E-state index contributed by atoms with van der Waals surface area (Å²) < 4.78 is 25.3. The van der Waals surface area contributed by atoms with Crippen molar-refractivity contribution >= 4 is 16.6 Å². The highest BCUT2D eigenvalue weighted by Gasteiger charge is 2.13. The van der Waals surface area contributed by atoms with E-state index in [4.69, 9.17) is 10.2 Å². The molecule has 0 radical (unpaired) electrons. The molecule has 0 bridgehead atoms. The number of rotatable bonds is 5. The molecule has 0 aliphatic heterocycles. The Kier molecular flexibility index (Phi) is 5.87. The Morgan fingerprint density at radius 3 is 2.64 bits per heavy atom. The van der Waals surface area contributed by atoms with E-state index in [1.165, 1.54) is 0 Å². The van der Waals surface area contributed by atoms with Crippen molar-refractivity contribution in [2.45, 2.75) is 12.5 Å². The van der Waals surface area contributed by atoms with Crippen LogP contribution in [-0.4, -0.2) is 43.6 Å². The fourth-order valence-corrected chi connectivity index (χ4v) is 1.33. The summed E-state index contributed by atoms with van der Waals surface area (Å²) in [5.41, 5.74) is 0. The molecule has 0 rings (SSSR count). The van der Waals surface area contributed by atoms with Crippen LogP contribution in [0.3, 0.4) is 0 Å². The molecule has 0 aromatic heterocycles. The monoisotopic (exact) mass is 222 g/mol. The topological polar surface area (TPSA) is 101 Å². The highest BCUT2D eigenvalue weighted by Crippen LogP contribution is 1.98. The van der Waals surface area contributed by atoms with Gasteiger partial charge in [0.2, 0.25) is 0 Å². The van der Waals surface area contributed by atoms with Crippen molar-refractivity contribution in [3.8, 4) is 11.8 Å². The van der Waals surface area contributed by atoms with Crippen LogP contribution >= 0.6 is 0 Å². The smallest absolute Gasteiger partial charge is 0.311 e. The fraction of sp³-hybridized carbons (Fsp3) is 0.571. The highest BCUT2D eigenvalue weighted by molar-refractivity contribution is 7.87. The summed E-state index contributed by atoms with van der Waals surface area (Å²) in [5.74, 6) is 3.85. The Bertz CT molecular complexity index is 322. The normalized spacial score (nSPS) is 12.4. The van der Waals surface area contributed by atoms with Gasteiger partial charge < -0.3 is 14.4 Å². The van der Waals surface area contributed by atoms with E-state index in [0.29, 0.717) is 0 Å². The Morgan fingerprint density at radius 1 is 1.50 bits per heavy atom. The number of carbonyl (C=O) groups excluding carboxylic acids is 1. The highest BCUT2D eigenvalue weighted by atomic mass is 32.2. The number of aliphatic hydroxyl groups is 2. The van der Waals surface area contributed by atoms with Crippen LogP contribution in [0.25, 0.3) is 0 Å². The van der Waals surface area contributed by atoms with Gasteiger partial charge in [0.25, 0.3) is 0 Å². The molecule has 0 aromatic carbocycles. The lowest BCUT2D eigenvalue weighted by atomic mass is 10.3. The van der Waals surface area contributed by atoms with Crippen molar-refractivity contribution in [1.82, 2.24) is 0 Å². The molecular weight excluding hydrogens is 212 g/mol. The van der Waals surface area contributed by atoms with Gasteiger partial charge in [-0.05, 0) is 0 Å². The summed E-state index contributed by atoms with van der Waals surface area (Å²) in [6.07, 6.45) is -1.34. The van der Waals surface area contributed by atoms with Gasteiger partial charge in [-0.1, -0.05) is 11.8 Å². The van der Waals surface area contributed by atoms with E-state index in [1.807, 2.05) is 0 Å². The maximum atomic E-state index is 10.7. The molecule has 0 heterocycles. The maximum absolute atomic E-state index is 10.7. The van der Waals surface area contributed by atoms with Crippen LogP contribution in [0.5, 0.6) is 0 Å². The third kappa shape index (κ3) is 6.42. The zero-order valence-corrected chi connectivity index (χ0v) is 8.03. The second-order valence-corrected chi connectivity index (χ2v) is 3.95. The molecule has 1 unspecified atom stereocenters. The van der Waals surface area contributed by atoms with E-state index in [2.05, 4.69) is 16.0 Å². The van der Waals surface area contributed by atoms with Gasteiger partial charge in [-0.15, -0.1) is 0 Å². The van der Waals surface area contributed by atoms with Gasteiger partial charge in [0.15, 0.2) is 0 Å². The molecule has 0 fully saturated rings. The molecule has 0 amide bonds. The van der Waals surface area contributed by atoms with Gasteiger partial charge in [0.1, 0.15) is 12.7 Å². The SMILES string of the molecule is O=COS(=O)(=O)CCC(O)C#CCO. The first kappa shape index (κ1) is 12.9. The van der Waals surface area contributed by atoms with Crippen molar-refractivity contribution in [3.05, 3.63) is 0 Å². The van der Waals surface area contributed by atoms with Crippen molar-refractivity contribution in [2.75, 3.05) is 12.4 Å². The van der Waals surface area contributed by atoms with Crippen molar-refractivity contribution < 1.29 is 27.6 Å². The Morgan fingerprint density at radius 2 is 2.14 bits per heavy atom. The molecule has 6 nitrogen and oxygen atoms in total. The second kappa shape index (κ2) is 6.37. The van der Waals surface area contributed by atoms with Gasteiger partial charge in [-0.25, -0.2) is 0 Å². The molecule has 7 heteroatoms. The minimum Gasteiger partial charge on any atom is -0.384 e. The first-order valence-corrected chi connectivity index (χ1v) is 5.21. The summed E-state index contributed by atoms with van der Waals surface area (Å²) in [6.45, 7) is -0.601. The fourth-order valence-electron chi connectivity index (χ4n) is 0.600. The standard InChI is InChI=1S/C7H10O6S/c8-4-1-2-7(10)3-5-14(11,12)13-6-9/h6-8,10H,3-5H2. The molecule has 0 saturated carbocycles. The Balaban J connectivity index is 3.99. The molecule has 0 aliphatic carbocycles. The average Bonchev–Trinajstić information content (AvgIpc) is 2.11. The zero-order chi connectivity index (χ0) is 11.0. The van der Waals surface area contributed by atoms with Gasteiger partial charge in [0.05, 0.1) is 5.75 Å². The largest absolute Gasteiger partial charge is 0.384 e. The van der Waals surface area contributed by atoms with Gasteiger partial charge in [-0.3, -0.25) is 4.79 Å². The van der Waals surface area contributed by atoms with E-state index in [9.17, 15) is 13.2 Å². The summed E-state index contributed by atoms with van der Waals surface area (Å²) in [4.78, 5) is 9.71. The zero-order valence-electron chi connectivity index (χ0n) is 7.21. The molecule has 0 aliphatic rings. The van der Waals surface area contributed by atoms with Crippen LogP contribution in [0, 0.1) is 11.8 Å². The maximum Gasteiger partial charge on any atom is 0.311 e. The van der Waals surface area contributed by atoms with Crippen LogP contribution in [-0.2, 0) is 19.1 Å². The molecular formula is C7H10O6S. The molecule has 14 heavy (non-hydrogen) atoms. The Hall–Kier alpha value is -1.10. The first-order valence-electron chi connectivity index (χ1n) is 3.63. The van der Waals surface area contributed by atoms with E-state index in [1.54, 1.807) is 0 Å². The molecule has 1 atom stereocenters. The predicted molar refractivity (Wildman–Crippen MR) is 46.4 cm³/mol. The molecule has 0 spiro atoms. The quantitative estimate of drug-likeness (QED) is 0.324. The third-order valence-electron chi connectivity index (χ3n) is 1.17. The van der Waals surface area contributed by atoms with E-state index >= 15 is 0 Å². The number of carbonyl (C=O) groups is 1. The van der Waals surface area contributed by atoms with Gasteiger partial charge in [-0.2, -0.15) is 8.42 Å². The summed E-state index contributed by atoms with van der Waals surface area (Å²) >= 11 is 0. The first-order chi connectivity index (χ1) is 6.52. The van der Waals surface area contributed by atoms with Crippen molar-refractivity contribution in [1.29, 1.82) is 0 Å². The number of hydrogen-bond acceptors (Lipinski definition) is 6. The lowest BCUT2D eigenvalue weighted by Gasteiger charge is -2.02. The number of aliphatic hydroxyl groups excluding tert-OH is 2. The van der Waals surface area contributed by atoms with Gasteiger partial charge >= 0.3 is 16.6 Å². The van der Waals surface area contributed by atoms with Gasteiger partial charge in [0, 0.05) is 6.42 Å². The second-order valence-electron chi connectivity index (χ2n) is 2.24.